The molecule has 0 bridgehead atoms. The Labute approximate surface area is 124 Å². The lowest BCUT2D eigenvalue weighted by Crippen LogP contribution is -2.47. The van der Waals surface area contributed by atoms with Gasteiger partial charge in [0.1, 0.15) is 0 Å². The van der Waals surface area contributed by atoms with Crippen molar-refractivity contribution >= 4 is 0 Å². The van der Waals surface area contributed by atoms with Gasteiger partial charge >= 0.3 is 0 Å². The van der Waals surface area contributed by atoms with Gasteiger partial charge in [-0.25, -0.2) is 0 Å². The van der Waals surface area contributed by atoms with Crippen LogP contribution in [0.1, 0.15) is 57.8 Å². The first-order valence-electron chi connectivity index (χ1n) is 9.03. The summed E-state index contributed by atoms with van der Waals surface area (Å²) in [7, 11) is 0. The molecule has 2 N–H and O–H groups in total. The molecule has 1 saturated carbocycles. The van der Waals surface area contributed by atoms with Gasteiger partial charge < -0.3 is 15.5 Å². The average Bonchev–Trinajstić information content (AvgIpc) is 2.51. The van der Waals surface area contributed by atoms with Crippen molar-refractivity contribution in [2.75, 3.05) is 32.7 Å². The van der Waals surface area contributed by atoms with Crippen molar-refractivity contribution in [2.45, 2.75) is 69.9 Å². The van der Waals surface area contributed by atoms with E-state index in [9.17, 15) is 0 Å². The minimum absolute atomic E-state index is 0.496. The molecule has 3 nitrogen and oxygen atoms in total. The normalized spacial score (nSPS) is 35.2. The molecular weight excluding hydrogens is 246 g/mol. The van der Waals surface area contributed by atoms with Crippen LogP contribution in [0.3, 0.4) is 0 Å². The van der Waals surface area contributed by atoms with Crippen molar-refractivity contribution in [3.63, 3.8) is 0 Å². The van der Waals surface area contributed by atoms with E-state index in [4.69, 9.17) is 5.73 Å². The summed E-state index contributed by atoms with van der Waals surface area (Å²) < 4.78 is 0. The van der Waals surface area contributed by atoms with Crippen LogP contribution < -0.4 is 5.73 Å². The molecule has 3 aliphatic rings. The van der Waals surface area contributed by atoms with Gasteiger partial charge in [-0.1, -0.05) is 6.42 Å². The van der Waals surface area contributed by atoms with Crippen LogP contribution in [0.2, 0.25) is 0 Å². The van der Waals surface area contributed by atoms with Crippen molar-refractivity contribution in [3.05, 3.63) is 0 Å². The highest BCUT2D eigenvalue weighted by Crippen LogP contribution is 2.26. The molecule has 1 aliphatic carbocycles. The van der Waals surface area contributed by atoms with Crippen molar-refractivity contribution in [1.29, 1.82) is 0 Å². The predicted molar refractivity (Wildman–Crippen MR) is 84.8 cm³/mol. The fourth-order valence-electron chi connectivity index (χ4n) is 4.49. The zero-order chi connectivity index (χ0) is 13.8. The molecule has 3 rings (SSSR count). The van der Waals surface area contributed by atoms with E-state index in [2.05, 4.69) is 9.80 Å². The minimum Gasteiger partial charge on any atom is -0.328 e. The first-order chi connectivity index (χ1) is 9.81. The third kappa shape index (κ3) is 3.96. The summed E-state index contributed by atoms with van der Waals surface area (Å²) in [5.74, 6) is 0.932. The van der Waals surface area contributed by atoms with Crippen molar-refractivity contribution in [2.24, 2.45) is 11.7 Å². The molecule has 2 heterocycles. The Morgan fingerprint density at radius 3 is 2.05 bits per heavy atom. The zero-order valence-electron chi connectivity index (χ0n) is 13.1. The number of nitrogens with zero attached hydrogens (tertiary/aromatic N) is 2. The van der Waals surface area contributed by atoms with Crippen LogP contribution in [-0.2, 0) is 0 Å². The second-order valence-corrected chi connectivity index (χ2v) is 7.41. The molecule has 2 saturated heterocycles. The average molecular weight is 279 g/mol. The van der Waals surface area contributed by atoms with Crippen LogP contribution in [-0.4, -0.2) is 54.6 Å². The lowest BCUT2D eigenvalue weighted by Gasteiger charge is -2.41. The third-order valence-electron chi connectivity index (χ3n) is 5.87. The van der Waals surface area contributed by atoms with Gasteiger partial charge in [-0.3, -0.25) is 0 Å². The van der Waals surface area contributed by atoms with Gasteiger partial charge in [0.15, 0.2) is 0 Å². The van der Waals surface area contributed by atoms with Crippen LogP contribution >= 0.6 is 0 Å². The van der Waals surface area contributed by atoms with Crippen LogP contribution in [0.5, 0.6) is 0 Å². The largest absolute Gasteiger partial charge is 0.328 e. The summed E-state index contributed by atoms with van der Waals surface area (Å²) in [6.45, 7) is 6.75. The monoisotopic (exact) mass is 279 g/mol. The molecule has 0 aromatic rings. The maximum atomic E-state index is 6.01. The third-order valence-corrected chi connectivity index (χ3v) is 5.87. The standard InChI is InChI=1S/C17H33N3/c18-16-6-4-15(5-7-16)14-19-12-8-17(9-13-19)20-10-2-1-3-11-20/h15-17H,1-14,18H2. The summed E-state index contributed by atoms with van der Waals surface area (Å²) in [6.07, 6.45) is 12.4. The molecule has 3 heteroatoms. The SMILES string of the molecule is NC1CCC(CN2CCC(N3CCCCC3)CC2)CC1. The van der Waals surface area contributed by atoms with Crippen LogP contribution in [0.25, 0.3) is 0 Å². The second kappa shape index (κ2) is 7.24. The molecule has 3 fully saturated rings. The molecule has 20 heavy (non-hydrogen) atoms. The smallest absolute Gasteiger partial charge is 0.0120 e. The van der Waals surface area contributed by atoms with E-state index in [0.717, 1.165) is 12.0 Å². The van der Waals surface area contributed by atoms with E-state index in [1.807, 2.05) is 0 Å². The Morgan fingerprint density at radius 1 is 0.750 bits per heavy atom. The number of rotatable bonds is 3. The van der Waals surface area contributed by atoms with Gasteiger partial charge in [-0.15, -0.1) is 0 Å². The molecule has 2 aliphatic heterocycles. The topological polar surface area (TPSA) is 32.5 Å². The Bertz CT molecular complexity index is 272. The summed E-state index contributed by atoms with van der Waals surface area (Å²) in [5.41, 5.74) is 6.01. The lowest BCUT2D eigenvalue weighted by molar-refractivity contribution is 0.0809. The van der Waals surface area contributed by atoms with E-state index < -0.39 is 0 Å². The molecule has 116 valence electrons. The number of hydrogen-bond acceptors (Lipinski definition) is 3. The van der Waals surface area contributed by atoms with E-state index in [1.165, 1.54) is 90.5 Å². The van der Waals surface area contributed by atoms with E-state index in [0.29, 0.717) is 6.04 Å². The Kier molecular flexibility index (Phi) is 5.36. The highest BCUT2D eigenvalue weighted by molar-refractivity contribution is 4.83. The highest BCUT2D eigenvalue weighted by atomic mass is 15.2. The van der Waals surface area contributed by atoms with Gasteiger partial charge in [-0.05, 0) is 83.5 Å². The second-order valence-electron chi connectivity index (χ2n) is 7.41. The fraction of sp³-hybridized carbons (Fsp3) is 1.00. The first kappa shape index (κ1) is 14.8. The maximum absolute atomic E-state index is 6.01. The van der Waals surface area contributed by atoms with Gasteiger partial charge in [-0.2, -0.15) is 0 Å². The summed E-state index contributed by atoms with van der Waals surface area (Å²) >= 11 is 0. The summed E-state index contributed by atoms with van der Waals surface area (Å²) in [6, 6.07) is 1.39. The van der Waals surface area contributed by atoms with E-state index in [-0.39, 0.29) is 0 Å². The Morgan fingerprint density at radius 2 is 1.40 bits per heavy atom. The van der Waals surface area contributed by atoms with Gasteiger partial charge in [0, 0.05) is 18.6 Å². The molecule has 0 atom stereocenters. The first-order valence-corrected chi connectivity index (χ1v) is 9.03. The molecular formula is C17H33N3. The maximum Gasteiger partial charge on any atom is 0.0120 e. The lowest BCUT2D eigenvalue weighted by atomic mass is 9.85. The van der Waals surface area contributed by atoms with Crippen LogP contribution in [0.4, 0.5) is 0 Å². The van der Waals surface area contributed by atoms with Crippen molar-refractivity contribution in [3.8, 4) is 0 Å². The molecule has 0 unspecified atom stereocenters. The van der Waals surface area contributed by atoms with Crippen LogP contribution in [0.15, 0.2) is 0 Å². The molecule has 0 spiro atoms. The Hall–Kier alpha value is -0.120. The number of piperidine rings is 2. The predicted octanol–water partition coefficient (Wildman–Crippen LogP) is 2.45. The summed E-state index contributed by atoms with van der Waals surface area (Å²) in [4.78, 5) is 5.52. The zero-order valence-corrected chi connectivity index (χ0v) is 13.1. The number of hydrogen-bond donors (Lipinski definition) is 1. The minimum atomic E-state index is 0.496. The molecule has 0 aromatic heterocycles. The van der Waals surface area contributed by atoms with E-state index in [1.54, 1.807) is 0 Å². The highest BCUT2D eigenvalue weighted by Gasteiger charge is 2.27. The number of nitrogens with two attached hydrogens (primary N) is 1. The molecule has 0 radical (unpaired) electrons. The van der Waals surface area contributed by atoms with E-state index >= 15 is 0 Å². The number of likely N-dealkylation sites (tertiary alicyclic amines) is 2. The van der Waals surface area contributed by atoms with Gasteiger partial charge in [0.05, 0.1) is 0 Å². The quantitative estimate of drug-likeness (QED) is 0.861. The van der Waals surface area contributed by atoms with Crippen molar-refractivity contribution in [1.82, 2.24) is 9.80 Å². The van der Waals surface area contributed by atoms with Crippen LogP contribution in [0, 0.1) is 5.92 Å². The van der Waals surface area contributed by atoms with Gasteiger partial charge in [0.2, 0.25) is 0 Å². The summed E-state index contributed by atoms with van der Waals surface area (Å²) in [5, 5.41) is 0. The van der Waals surface area contributed by atoms with Crippen molar-refractivity contribution < 1.29 is 0 Å². The fourth-order valence-corrected chi connectivity index (χ4v) is 4.49. The van der Waals surface area contributed by atoms with Gasteiger partial charge in [0.25, 0.3) is 0 Å². The Balaban J connectivity index is 1.37. The molecule has 0 aromatic carbocycles. The molecule has 0 amide bonds.